The van der Waals surface area contributed by atoms with Gasteiger partial charge in [0.25, 0.3) is 5.91 Å². The highest BCUT2D eigenvalue weighted by atomic mass is 16.1. The molecule has 0 radical (unpaired) electrons. The smallest absolute Gasteiger partial charge is 0.268 e. The summed E-state index contributed by atoms with van der Waals surface area (Å²) in [5, 5.41) is 1.94. The van der Waals surface area contributed by atoms with Crippen molar-refractivity contribution < 1.29 is 4.79 Å². The molecule has 0 spiro atoms. The number of pyridine rings is 1. The van der Waals surface area contributed by atoms with Crippen LogP contribution in [0.2, 0.25) is 0 Å². The fraction of sp³-hybridized carbons (Fsp3) is 0. The molecule has 0 saturated carbocycles. The average molecular weight is 197 g/mol. The molecule has 2 N–H and O–H groups in total. The van der Waals surface area contributed by atoms with Gasteiger partial charge in [-0.1, -0.05) is 18.2 Å². The highest BCUT2D eigenvalue weighted by Gasteiger charge is 2.22. The standard InChI is InChI=1S/C11H7N3O/c12-10(15)9-7-3-1-2-6-4-5-13-11(14-9)8(6)7/h1-5H,(H2,12,15). The lowest BCUT2D eigenvalue weighted by Crippen LogP contribution is -2.22. The largest absolute Gasteiger partial charge is 0.364 e. The number of hydrogen-bond acceptors (Lipinski definition) is 3. The zero-order valence-electron chi connectivity index (χ0n) is 7.77. The summed E-state index contributed by atoms with van der Waals surface area (Å²) in [4.78, 5) is 19.4. The molecule has 0 aliphatic carbocycles. The van der Waals surface area contributed by atoms with E-state index < -0.39 is 5.91 Å². The van der Waals surface area contributed by atoms with Crippen molar-refractivity contribution in [1.29, 1.82) is 0 Å². The first-order valence-electron chi connectivity index (χ1n) is 4.54. The Morgan fingerprint density at radius 3 is 2.93 bits per heavy atom. The van der Waals surface area contributed by atoms with Crippen LogP contribution in [0.15, 0.2) is 35.5 Å². The van der Waals surface area contributed by atoms with E-state index in [0.29, 0.717) is 11.5 Å². The number of rotatable bonds is 1. The quantitative estimate of drug-likeness (QED) is 0.745. The number of carbonyl (C=O) groups excluding carboxylic acids is 1. The minimum Gasteiger partial charge on any atom is -0.364 e. The molecule has 0 fully saturated rings. The van der Waals surface area contributed by atoms with Gasteiger partial charge >= 0.3 is 0 Å². The second-order valence-electron chi connectivity index (χ2n) is 3.36. The highest BCUT2D eigenvalue weighted by Crippen LogP contribution is 2.32. The molecule has 4 heteroatoms. The molecule has 0 bridgehead atoms. The van der Waals surface area contributed by atoms with Crippen LogP contribution >= 0.6 is 0 Å². The van der Waals surface area contributed by atoms with E-state index in [9.17, 15) is 4.79 Å². The van der Waals surface area contributed by atoms with Crippen LogP contribution in [-0.4, -0.2) is 16.6 Å². The Kier molecular flexibility index (Phi) is 1.42. The van der Waals surface area contributed by atoms with E-state index in [1.54, 1.807) is 6.20 Å². The number of benzene rings is 1. The van der Waals surface area contributed by atoms with E-state index in [1.165, 1.54) is 0 Å². The van der Waals surface area contributed by atoms with Gasteiger partial charge in [-0.15, -0.1) is 0 Å². The molecule has 0 unspecified atom stereocenters. The van der Waals surface area contributed by atoms with Crippen molar-refractivity contribution in [2.45, 2.75) is 0 Å². The lowest BCUT2D eigenvalue weighted by molar-refractivity contribution is -0.111. The third-order valence-electron chi connectivity index (χ3n) is 2.48. The van der Waals surface area contributed by atoms with Gasteiger partial charge in [0.1, 0.15) is 5.71 Å². The predicted octanol–water partition coefficient (Wildman–Crippen LogP) is 1.15. The minimum absolute atomic E-state index is 0.300. The molecular weight excluding hydrogens is 190 g/mol. The summed E-state index contributed by atoms with van der Waals surface area (Å²) in [6.45, 7) is 0. The van der Waals surface area contributed by atoms with E-state index in [-0.39, 0.29) is 0 Å². The fourth-order valence-corrected chi connectivity index (χ4v) is 1.85. The second kappa shape index (κ2) is 2.63. The molecule has 4 nitrogen and oxygen atoms in total. The molecule has 0 saturated heterocycles. The van der Waals surface area contributed by atoms with Gasteiger partial charge in [-0.2, -0.15) is 0 Å². The van der Waals surface area contributed by atoms with E-state index in [4.69, 9.17) is 5.73 Å². The van der Waals surface area contributed by atoms with Crippen LogP contribution in [0.25, 0.3) is 10.8 Å². The number of primary amides is 1. The summed E-state index contributed by atoms with van der Waals surface area (Å²) >= 11 is 0. The van der Waals surface area contributed by atoms with Crippen LogP contribution in [0.4, 0.5) is 5.82 Å². The number of aromatic nitrogens is 1. The van der Waals surface area contributed by atoms with Crippen LogP contribution in [0.5, 0.6) is 0 Å². The molecule has 1 aliphatic heterocycles. The third-order valence-corrected chi connectivity index (χ3v) is 2.48. The Morgan fingerprint density at radius 2 is 2.13 bits per heavy atom. The van der Waals surface area contributed by atoms with Crippen molar-refractivity contribution in [2.24, 2.45) is 10.7 Å². The zero-order valence-corrected chi connectivity index (χ0v) is 7.77. The van der Waals surface area contributed by atoms with Crippen molar-refractivity contribution >= 4 is 28.2 Å². The first kappa shape index (κ1) is 8.11. The molecule has 1 amide bonds. The second-order valence-corrected chi connectivity index (χ2v) is 3.36. The normalized spacial score (nSPS) is 12.9. The molecule has 3 rings (SSSR count). The minimum atomic E-state index is -0.513. The van der Waals surface area contributed by atoms with Crippen molar-refractivity contribution in [1.82, 2.24) is 4.98 Å². The van der Waals surface area contributed by atoms with Crippen LogP contribution in [0.1, 0.15) is 5.56 Å². The number of carbonyl (C=O) groups is 1. The zero-order chi connectivity index (χ0) is 10.4. The summed E-state index contributed by atoms with van der Waals surface area (Å²) in [7, 11) is 0. The predicted molar refractivity (Wildman–Crippen MR) is 57.1 cm³/mol. The van der Waals surface area contributed by atoms with Crippen LogP contribution in [0.3, 0.4) is 0 Å². The number of hydrogen-bond donors (Lipinski definition) is 1. The van der Waals surface area contributed by atoms with Crippen molar-refractivity contribution in [3.63, 3.8) is 0 Å². The fourth-order valence-electron chi connectivity index (χ4n) is 1.85. The maximum Gasteiger partial charge on any atom is 0.268 e. The van der Waals surface area contributed by atoms with Gasteiger partial charge in [-0.05, 0) is 11.5 Å². The SMILES string of the molecule is NC(=O)C1=Nc2nccc3cccc1c23. The van der Waals surface area contributed by atoms with Gasteiger partial charge in [0, 0.05) is 17.1 Å². The van der Waals surface area contributed by atoms with E-state index in [0.717, 1.165) is 16.3 Å². The van der Waals surface area contributed by atoms with Crippen LogP contribution in [0, 0.1) is 0 Å². The molecule has 2 heterocycles. The molecular formula is C11H7N3O. The van der Waals surface area contributed by atoms with Crippen LogP contribution < -0.4 is 5.73 Å². The first-order chi connectivity index (χ1) is 7.27. The van der Waals surface area contributed by atoms with Crippen molar-refractivity contribution in [3.8, 4) is 0 Å². The van der Waals surface area contributed by atoms with Gasteiger partial charge in [-0.25, -0.2) is 9.98 Å². The van der Waals surface area contributed by atoms with E-state index >= 15 is 0 Å². The Balaban J connectivity index is 2.45. The summed E-state index contributed by atoms with van der Waals surface area (Å²) in [5.41, 5.74) is 6.34. The monoisotopic (exact) mass is 197 g/mol. The number of amides is 1. The lowest BCUT2D eigenvalue weighted by atomic mass is 10.0. The van der Waals surface area contributed by atoms with Gasteiger partial charge in [0.15, 0.2) is 5.82 Å². The molecule has 1 aromatic heterocycles. The van der Waals surface area contributed by atoms with E-state index in [1.807, 2.05) is 24.3 Å². The number of aliphatic imine (C=N–C) groups is 1. The van der Waals surface area contributed by atoms with Gasteiger partial charge in [0.2, 0.25) is 0 Å². The van der Waals surface area contributed by atoms with E-state index in [2.05, 4.69) is 9.98 Å². The average Bonchev–Trinajstić information content (AvgIpc) is 2.61. The molecule has 72 valence electrons. The summed E-state index contributed by atoms with van der Waals surface area (Å²) < 4.78 is 0. The maximum atomic E-state index is 11.2. The van der Waals surface area contributed by atoms with Crippen LogP contribution in [-0.2, 0) is 4.79 Å². The van der Waals surface area contributed by atoms with Crippen molar-refractivity contribution in [3.05, 3.63) is 36.0 Å². The topological polar surface area (TPSA) is 68.3 Å². The Morgan fingerprint density at radius 1 is 1.27 bits per heavy atom. The Bertz CT molecular complexity index is 611. The summed E-state index contributed by atoms with van der Waals surface area (Å²) in [6, 6.07) is 7.57. The first-order valence-corrected chi connectivity index (χ1v) is 4.54. The van der Waals surface area contributed by atoms with Crippen molar-refractivity contribution in [2.75, 3.05) is 0 Å². The molecule has 15 heavy (non-hydrogen) atoms. The molecule has 0 atom stereocenters. The number of nitrogens with zero attached hydrogens (tertiary/aromatic N) is 2. The molecule has 1 aromatic carbocycles. The number of nitrogens with two attached hydrogens (primary N) is 1. The molecule has 2 aromatic rings. The summed E-state index contributed by atoms with van der Waals surface area (Å²) in [6.07, 6.45) is 1.68. The third kappa shape index (κ3) is 0.985. The Labute approximate surface area is 85.5 Å². The van der Waals surface area contributed by atoms with Gasteiger partial charge in [-0.3, -0.25) is 4.79 Å². The highest BCUT2D eigenvalue weighted by molar-refractivity contribution is 6.49. The molecule has 1 aliphatic rings. The Hall–Kier alpha value is -2.23. The van der Waals surface area contributed by atoms with Gasteiger partial charge < -0.3 is 5.73 Å². The lowest BCUT2D eigenvalue weighted by Gasteiger charge is -1.99. The van der Waals surface area contributed by atoms with Gasteiger partial charge in [0.05, 0.1) is 0 Å². The summed E-state index contributed by atoms with van der Waals surface area (Å²) in [5.74, 6) is 0.0670. The maximum absolute atomic E-state index is 11.2.